The van der Waals surface area contributed by atoms with E-state index in [1.807, 2.05) is 0 Å². The molecule has 0 bridgehead atoms. The van der Waals surface area contributed by atoms with E-state index < -0.39 is 0 Å². The molecule has 0 saturated heterocycles. The van der Waals surface area contributed by atoms with Gasteiger partial charge >= 0.3 is 0 Å². The summed E-state index contributed by atoms with van der Waals surface area (Å²) >= 11 is 0. The van der Waals surface area contributed by atoms with E-state index in [1.54, 1.807) is 0 Å². The molecule has 2 aromatic carbocycles. The molecule has 0 atom stereocenters. The monoisotopic (exact) mass is 268 g/mol. The third-order valence-electron chi connectivity index (χ3n) is 3.16. The lowest BCUT2D eigenvalue weighted by Gasteiger charge is -2.16. The molecule has 0 amide bonds. The molecule has 0 spiro atoms. The minimum atomic E-state index is 0.973. The SMILES string of the molecule is CN(C)Cc1cc(CN(C)C)cc(-c2ccccc2)c1. The van der Waals surface area contributed by atoms with Gasteiger partial charge in [0.15, 0.2) is 0 Å². The highest BCUT2D eigenvalue weighted by Crippen LogP contribution is 2.23. The number of nitrogens with zero attached hydrogens (tertiary/aromatic N) is 2. The smallest absolute Gasteiger partial charge is 0.0227 e. The second kappa shape index (κ2) is 6.69. The molecule has 0 fully saturated rings. The summed E-state index contributed by atoms with van der Waals surface area (Å²) in [5, 5.41) is 0. The van der Waals surface area contributed by atoms with Crippen molar-refractivity contribution in [3.05, 3.63) is 59.7 Å². The molecule has 2 rings (SSSR count). The highest BCUT2D eigenvalue weighted by Gasteiger charge is 2.05. The zero-order valence-corrected chi connectivity index (χ0v) is 12.9. The first kappa shape index (κ1) is 14.8. The quantitative estimate of drug-likeness (QED) is 0.819. The van der Waals surface area contributed by atoms with Gasteiger partial charge in [0.05, 0.1) is 0 Å². The van der Waals surface area contributed by atoms with Gasteiger partial charge in [-0.15, -0.1) is 0 Å². The fourth-order valence-electron chi connectivity index (χ4n) is 2.47. The maximum Gasteiger partial charge on any atom is 0.0227 e. The van der Waals surface area contributed by atoms with Crippen LogP contribution in [0.3, 0.4) is 0 Å². The topological polar surface area (TPSA) is 6.48 Å². The Hall–Kier alpha value is -1.64. The summed E-state index contributed by atoms with van der Waals surface area (Å²) in [6.07, 6.45) is 0. The molecule has 0 aliphatic heterocycles. The molecule has 0 radical (unpaired) electrons. The number of hydrogen-bond acceptors (Lipinski definition) is 2. The van der Waals surface area contributed by atoms with Crippen molar-refractivity contribution < 1.29 is 0 Å². The number of hydrogen-bond donors (Lipinski definition) is 0. The summed E-state index contributed by atoms with van der Waals surface area (Å²) in [7, 11) is 8.45. The van der Waals surface area contributed by atoms with Crippen molar-refractivity contribution in [2.75, 3.05) is 28.2 Å². The molecule has 0 aromatic heterocycles. The predicted octanol–water partition coefficient (Wildman–Crippen LogP) is 3.48. The van der Waals surface area contributed by atoms with Crippen LogP contribution in [0.2, 0.25) is 0 Å². The Morgan fingerprint density at radius 1 is 0.650 bits per heavy atom. The number of benzene rings is 2. The summed E-state index contributed by atoms with van der Waals surface area (Å²) in [4.78, 5) is 4.42. The van der Waals surface area contributed by atoms with Crippen molar-refractivity contribution in [3.8, 4) is 11.1 Å². The molecule has 0 unspecified atom stereocenters. The van der Waals surface area contributed by atoms with E-state index in [4.69, 9.17) is 0 Å². The average Bonchev–Trinajstić information content (AvgIpc) is 2.38. The summed E-state index contributed by atoms with van der Waals surface area (Å²) in [6, 6.07) is 17.5. The predicted molar refractivity (Wildman–Crippen MR) is 86.7 cm³/mol. The van der Waals surface area contributed by atoms with Gasteiger partial charge < -0.3 is 9.80 Å². The maximum absolute atomic E-state index is 2.31. The normalized spacial score (nSPS) is 11.3. The van der Waals surface area contributed by atoms with E-state index in [2.05, 4.69) is 86.5 Å². The Kier molecular flexibility index (Phi) is 4.94. The van der Waals surface area contributed by atoms with Crippen LogP contribution in [0.4, 0.5) is 0 Å². The van der Waals surface area contributed by atoms with E-state index in [0.717, 1.165) is 13.1 Å². The molecular formula is C18H24N2. The van der Waals surface area contributed by atoms with Crippen LogP contribution in [0.5, 0.6) is 0 Å². The van der Waals surface area contributed by atoms with Gasteiger partial charge in [0.1, 0.15) is 0 Å². The molecular weight excluding hydrogens is 244 g/mol. The van der Waals surface area contributed by atoms with E-state index in [0.29, 0.717) is 0 Å². The first-order chi connectivity index (χ1) is 9.54. The Bertz CT molecular complexity index is 516. The molecule has 2 heteroatoms. The van der Waals surface area contributed by atoms with E-state index in [-0.39, 0.29) is 0 Å². The second-order valence-electron chi connectivity index (χ2n) is 5.88. The third kappa shape index (κ3) is 4.19. The molecule has 0 aliphatic carbocycles. The van der Waals surface area contributed by atoms with Crippen molar-refractivity contribution in [2.45, 2.75) is 13.1 Å². The fourth-order valence-corrected chi connectivity index (χ4v) is 2.47. The van der Waals surface area contributed by atoms with Gasteiger partial charge in [0, 0.05) is 13.1 Å². The van der Waals surface area contributed by atoms with Gasteiger partial charge in [0.25, 0.3) is 0 Å². The molecule has 0 N–H and O–H groups in total. The minimum Gasteiger partial charge on any atom is -0.305 e. The van der Waals surface area contributed by atoms with Crippen molar-refractivity contribution in [1.29, 1.82) is 0 Å². The minimum absolute atomic E-state index is 0.973. The van der Waals surface area contributed by atoms with E-state index in [1.165, 1.54) is 22.3 Å². The van der Waals surface area contributed by atoms with Crippen LogP contribution in [0.25, 0.3) is 11.1 Å². The summed E-state index contributed by atoms with van der Waals surface area (Å²) in [5.41, 5.74) is 5.33. The molecule has 2 nitrogen and oxygen atoms in total. The summed E-state index contributed by atoms with van der Waals surface area (Å²) < 4.78 is 0. The number of rotatable bonds is 5. The Morgan fingerprint density at radius 2 is 1.15 bits per heavy atom. The highest BCUT2D eigenvalue weighted by atomic mass is 15.1. The third-order valence-corrected chi connectivity index (χ3v) is 3.16. The van der Waals surface area contributed by atoms with Crippen molar-refractivity contribution in [1.82, 2.24) is 9.80 Å². The maximum atomic E-state index is 2.31. The van der Waals surface area contributed by atoms with Gasteiger partial charge in [0.2, 0.25) is 0 Å². The van der Waals surface area contributed by atoms with Gasteiger partial charge in [-0.2, -0.15) is 0 Å². The largest absolute Gasteiger partial charge is 0.305 e. The highest BCUT2D eigenvalue weighted by molar-refractivity contribution is 5.65. The Balaban J connectivity index is 2.39. The van der Waals surface area contributed by atoms with E-state index in [9.17, 15) is 0 Å². The van der Waals surface area contributed by atoms with Crippen molar-refractivity contribution in [3.63, 3.8) is 0 Å². The van der Waals surface area contributed by atoms with Crippen LogP contribution >= 0.6 is 0 Å². The lowest BCUT2D eigenvalue weighted by Crippen LogP contribution is -2.13. The van der Waals surface area contributed by atoms with Crippen LogP contribution in [-0.4, -0.2) is 38.0 Å². The zero-order valence-electron chi connectivity index (χ0n) is 12.9. The zero-order chi connectivity index (χ0) is 14.5. The van der Waals surface area contributed by atoms with Gasteiger partial charge in [-0.1, -0.05) is 36.4 Å². The molecule has 0 saturated carbocycles. The van der Waals surface area contributed by atoms with Gasteiger partial charge in [-0.3, -0.25) is 0 Å². The van der Waals surface area contributed by atoms with Crippen molar-refractivity contribution in [2.24, 2.45) is 0 Å². The molecule has 106 valence electrons. The Morgan fingerprint density at radius 3 is 1.60 bits per heavy atom. The fraction of sp³-hybridized carbons (Fsp3) is 0.333. The molecule has 2 aromatic rings. The molecule has 0 aliphatic rings. The van der Waals surface area contributed by atoms with Crippen LogP contribution in [0, 0.1) is 0 Å². The molecule has 20 heavy (non-hydrogen) atoms. The second-order valence-corrected chi connectivity index (χ2v) is 5.88. The van der Waals surface area contributed by atoms with E-state index >= 15 is 0 Å². The summed E-state index contributed by atoms with van der Waals surface area (Å²) in [6.45, 7) is 1.95. The van der Waals surface area contributed by atoms with Crippen LogP contribution in [-0.2, 0) is 13.1 Å². The summed E-state index contributed by atoms with van der Waals surface area (Å²) in [5.74, 6) is 0. The standard InChI is InChI=1S/C18H24N2/c1-19(2)13-15-10-16(14-20(3)4)12-18(11-15)17-8-6-5-7-9-17/h5-12H,13-14H2,1-4H3. The average molecular weight is 268 g/mol. The Labute approximate surface area is 122 Å². The van der Waals surface area contributed by atoms with Crippen molar-refractivity contribution >= 4 is 0 Å². The lowest BCUT2D eigenvalue weighted by molar-refractivity contribution is 0.396. The first-order valence-electron chi connectivity index (χ1n) is 7.02. The van der Waals surface area contributed by atoms with Gasteiger partial charge in [-0.25, -0.2) is 0 Å². The lowest BCUT2D eigenvalue weighted by atomic mass is 9.99. The first-order valence-corrected chi connectivity index (χ1v) is 7.02. The van der Waals surface area contributed by atoms with Crippen LogP contribution in [0.1, 0.15) is 11.1 Å². The molecule has 0 heterocycles. The van der Waals surface area contributed by atoms with Gasteiger partial charge in [-0.05, 0) is 62.6 Å². The van der Waals surface area contributed by atoms with Crippen LogP contribution in [0.15, 0.2) is 48.5 Å². The van der Waals surface area contributed by atoms with Crippen LogP contribution < -0.4 is 0 Å².